The standard InChI is InChI=1S/C53H33N/c1-3-14-36(15-4-1)54(37-16-5-2-6-17-37)38-29-26-34(27-30-38)35-28-31-42-41-20-9-11-24-47(41)53(49(42)32-35)48-25-12-10-21-44(48)52-45-23-13-22-43-39-18-7-8-19-40(39)46(51(43)45)33-50(52)53/h1-33H. The highest BCUT2D eigenvalue weighted by molar-refractivity contribution is 6.21. The maximum atomic E-state index is 2.56. The zero-order valence-electron chi connectivity index (χ0n) is 29.5. The second-order valence-corrected chi connectivity index (χ2v) is 14.8. The average Bonchev–Trinajstić information content (AvgIpc) is 3.84. The van der Waals surface area contributed by atoms with Gasteiger partial charge in [0, 0.05) is 17.1 Å². The van der Waals surface area contributed by atoms with Gasteiger partial charge in [0.15, 0.2) is 0 Å². The van der Waals surface area contributed by atoms with E-state index in [1.165, 1.54) is 88.7 Å². The molecule has 0 bridgehead atoms. The summed E-state index contributed by atoms with van der Waals surface area (Å²) in [4.78, 5) is 2.32. The molecule has 0 amide bonds. The number of fused-ring (bicyclic) bond motifs is 14. The molecule has 3 aliphatic rings. The highest BCUT2D eigenvalue weighted by atomic mass is 15.1. The van der Waals surface area contributed by atoms with Crippen molar-refractivity contribution in [1.82, 2.24) is 0 Å². The van der Waals surface area contributed by atoms with Gasteiger partial charge in [0.2, 0.25) is 0 Å². The molecule has 3 aliphatic carbocycles. The van der Waals surface area contributed by atoms with Crippen LogP contribution in [0, 0.1) is 0 Å². The number of anilines is 3. The Morgan fingerprint density at radius 3 is 1.52 bits per heavy atom. The van der Waals surface area contributed by atoms with Crippen molar-refractivity contribution in [1.29, 1.82) is 0 Å². The Hall–Kier alpha value is -6.96. The van der Waals surface area contributed by atoms with Crippen LogP contribution in [0.4, 0.5) is 17.1 Å². The fraction of sp³-hybridized carbons (Fsp3) is 0.0189. The van der Waals surface area contributed by atoms with Gasteiger partial charge in [0.1, 0.15) is 0 Å². The van der Waals surface area contributed by atoms with Gasteiger partial charge < -0.3 is 4.90 Å². The molecular formula is C53H33N. The molecule has 9 aromatic rings. The molecule has 0 aliphatic heterocycles. The van der Waals surface area contributed by atoms with Crippen LogP contribution in [0.5, 0.6) is 0 Å². The minimum Gasteiger partial charge on any atom is -0.311 e. The predicted octanol–water partition coefficient (Wildman–Crippen LogP) is 14.0. The maximum Gasteiger partial charge on any atom is 0.0726 e. The van der Waals surface area contributed by atoms with Gasteiger partial charge in [-0.25, -0.2) is 0 Å². The molecule has 1 unspecified atom stereocenters. The van der Waals surface area contributed by atoms with Crippen molar-refractivity contribution < 1.29 is 0 Å². The molecule has 0 heterocycles. The Bertz CT molecular complexity index is 2940. The molecule has 12 rings (SSSR count). The molecular weight excluding hydrogens is 651 g/mol. The van der Waals surface area contributed by atoms with Gasteiger partial charge in [-0.05, 0) is 137 Å². The third-order valence-electron chi connectivity index (χ3n) is 12.2. The van der Waals surface area contributed by atoms with E-state index in [1.54, 1.807) is 0 Å². The summed E-state index contributed by atoms with van der Waals surface area (Å²) < 4.78 is 0. The van der Waals surface area contributed by atoms with Crippen LogP contribution in [0.1, 0.15) is 22.3 Å². The van der Waals surface area contributed by atoms with Crippen molar-refractivity contribution >= 4 is 27.8 Å². The van der Waals surface area contributed by atoms with Crippen LogP contribution in [-0.2, 0) is 5.41 Å². The second kappa shape index (κ2) is 11.0. The maximum absolute atomic E-state index is 2.56. The van der Waals surface area contributed by atoms with E-state index < -0.39 is 5.41 Å². The molecule has 0 saturated carbocycles. The molecule has 1 atom stereocenters. The highest BCUT2D eigenvalue weighted by Gasteiger charge is 2.52. The fourth-order valence-corrected chi connectivity index (χ4v) is 10.1. The summed E-state index contributed by atoms with van der Waals surface area (Å²) in [7, 11) is 0. The van der Waals surface area contributed by atoms with Crippen molar-refractivity contribution in [2.75, 3.05) is 4.90 Å². The van der Waals surface area contributed by atoms with Crippen LogP contribution in [-0.4, -0.2) is 0 Å². The lowest BCUT2D eigenvalue weighted by molar-refractivity contribution is 0.795. The molecule has 54 heavy (non-hydrogen) atoms. The Morgan fingerprint density at radius 2 is 0.815 bits per heavy atom. The van der Waals surface area contributed by atoms with E-state index in [0.29, 0.717) is 0 Å². The van der Waals surface area contributed by atoms with Crippen LogP contribution in [0.15, 0.2) is 200 Å². The fourth-order valence-electron chi connectivity index (χ4n) is 10.1. The number of hydrogen-bond donors (Lipinski definition) is 0. The van der Waals surface area contributed by atoms with Crippen molar-refractivity contribution in [2.45, 2.75) is 5.41 Å². The average molecular weight is 684 g/mol. The summed E-state index contributed by atoms with van der Waals surface area (Å²) in [6.45, 7) is 0. The van der Waals surface area contributed by atoms with Crippen molar-refractivity contribution in [3.63, 3.8) is 0 Å². The third kappa shape index (κ3) is 3.83. The van der Waals surface area contributed by atoms with Crippen LogP contribution in [0.25, 0.3) is 66.4 Å². The number of para-hydroxylation sites is 2. The van der Waals surface area contributed by atoms with Crippen LogP contribution in [0.2, 0.25) is 0 Å². The monoisotopic (exact) mass is 683 g/mol. The second-order valence-electron chi connectivity index (χ2n) is 14.8. The van der Waals surface area contributed by atoms with E-state index in [1.807, 2.05) is 0 Å². The van der Waals surface area contributed by atoms with Gasteiger partial charge in [0.05, 0.1) is 5.41 Å². The van der Waals surface area contributed by atoms with Gasteiger partial charge in [-0.15, -0.1) is 0 Å². The normalized spacial score (nSPS) is 15.1. The predicted molar refractivity (Wildman–Crippen MR) is 225 cm³/mol. The highest BCUT2D eigenvalue weighted by Crippen LogP contribution is 2.66. The summed E-state index contributed by atoms with van der Waals surface area (Å²) in [6.07, 6.45) is 0. The largest absolute Gasteiger partial charge is 0.311 e. The molecule has 0 fully saturated rings. The molecule has 0 radical (unpaired) electrons. The Kier molecular flexibility index (Phi) is 6.04. The molecule has 1 spiro atoms. The number of benzene rings is 9. The molecule has 1 heteroatoms. The van der Waals surface area contributed by atoms with Gasteiger partial charge >= 0.3 is 0 Å². The summed E-state index contributed by atoms with van der Waals surface area (Å²) in [5.74, 6) is 0. The molecule has 0 saturated heterocycles. The molecule has 0 aromatic heterocycles. The van der Waals surface area contributed by atoms with E-state index >= 15 is 0 Å². The lowest BCUT2D eigenvalue weighted by Crippen LogP contribution is -2.26. The van der Waals surface area contributed by atoms with Crippen LogP contribution in [0.3, 0.4) is 0 Å². The van der Waals surface area contributed by atoms with E-state index in [2.05, 4.69) is 205 Å². The van der Waals surface area contributed by atoms with E-state index in [0.717, 1.165) is 17.1 Å². The van der Waals surface area contributed by atoms with Crippen molar-refractivity contribution in [2.24, 2.45) is 0 Å². The summed E-state index contributed by atoms with van der Waals surface area (Å²) >= 11 is 0. The first-order valence-electron chi connectivity index (χ1n) is 18.9. The number of nitrogens with zero attached hydrogens (tertiary/aromatic N) is 1. The summed E-state index contributed by atoms with van der Waals surface area (Å²) in [6, 6.07) is 74.3. The Labute approximate surface area is 315 Å². The third-order valence-corrected chi connectivity index (χ3v) is 12.2. The van der Waals surface area contributed by atoms with Gasteiger partial charge in [-0.3, -0.25) is 0 Å². The number of rotatable bonds is 4. The first-order chi connectivity index (χ1) is 26.8. The molecule has 9 aromatic carbocycles. The first kappa shape index (κ1) is 29.6. The van der Waals surface area contributed by atoms with E-state index in [9.17, 15) is 0 Å². The Balaban J connectivity index is 1.08. The van der Waals surface area contributed by atoms with Crippen molar-refractivity contribution in [3.8, 4) is 55.6 Å². The quantitative estimate of drug-likeness (QED) is 0.178. The lowest BCUT2D eigenvalue weighted by Gasteiger charge is -2.31. The van der Waals surface area contributed by atoms with Crippen molar-refractivity contribution in [3.05, 3.63) is 222 Å². The number of hydrogen-bond acceptors (Lipinski definition) is 1. The smallest absolute Gasteiger partial charge is 0.0726 e. The summed E-state index contributed by atoms with van der Waals surface area (Å²) in [5.41, 5.74) is 21.6. The van der Waals surface area contributed by atoms with Gasteiger partial charge in [0.25, 0.3) is 0 Å². The van der Waals surface area contributed by atoms with Gasteiger partial charge in [-0.2, -0.15) is 0 Å². The topological polar surface area (TPSA) is 3.24 Å². The zero-order chi connectivity index (χ0) is 35.4. The van der Waals surface area contributed by atoms with Gasteiger partial charge in [-0.1, -0.05) is 152 Å². The van der Waals surface area contributed by atoms with E-state index in [4.69, 9.17) is 0 Å². The first-order valence-corrected chi connectivity index (χ1v) is 18.9. The van der Waals surface area contributed by atoms with E-state index in [-0.39, 0.29) is 0 Å². The Morgan fingerprint density at radius 1 is 0.296 bits per heavy atom. The minimum atomic E-state index is -0.441. The minimum absolute atomic E-state index is 0.441. The SMILES string of the molecule is c1ccc(N(c2ccccc2)c2ccc(-c3ccc4c(c3)C3(c5ccccc5-4)c4ccccc4-c4c3cc3c5c(cccc45)-c4ccccc4-3)cc2)cc1. The molecule has 1 nitrogen and oxygen atoms in total. The summed E-state index contributed by atoms with van der Waals surface area (Å²) in [5, 5.41) is 2.73. The lowest BCUT2D eigenvalue weighted by atomic mass is 9.69. The van der Waals surface area contributed by atoms with Crippen LogP contribution >= 0.6 is 0 Å². The zero-order valence-corrected chi connectivity index (χ0v) is 29.5. The molecule has 250 valence electrons. The molecule has 0 N–H and O–H groups in total. The van der Waals surface area contributed by atoms with Crippen LogP contribution < -0.4 is 4.90 Å².